The first-order valence-corrected chi connectivity index (χ1v) is 27.2. The Bertz CT molecular complexity index is 2030. The van der Waals surface area contributed by atoms with Crippen LogP contribution < -0.4 is 10.6 Å². The molecule has 3 aromatic rings. The largest absolute Gasteiger partial charge is 0.492 e. The second-order valence-electron chi connectivity index (χ2n) is 18.9. The highest BCUT2D eigenvalue weighted by Gasteiger charge is 2.45. The van der Waals surface area contributed by atoms with Crippen LogP contribution in [0.2, 0.25) is 0 Å². The fraction of sp³-hybridized carbons (Fsp3) is 0.537. The number of rotatable bonds is 20. The number of thiol groups is 1. The van der Waals surface area contributed by atoms with Gasteiger partial charge in [0.15, 0.2) is 0 Å². The monoisotopic (exact) mass is 924 g/mol. The third-order valence-electron chi connectivity index (χ3n) is 12.8. The summed E-state index contributed by atoms with van der Waals surface area (Å²) >= 11 is 11.1. The number of allylic oxidation sites excluding steroid dienone is 4. The first kappa shape index (κ1) is 48.4. The molecule has 0 amide bonds. The van der Waals surface area contributed by atoms with Gasteiger partial charge in [0.2, 0.25) is 0 Å². The smallest absolute Gasteiger partial charge is 0.323 e. The van der Waals surface area contributed by atoms with E-state index >= 15 is 0 Å². The number of thioether (sulfide) groups is 3. The summed E-state index contributed by atoms with van der Waals surface area (Å²) in [7, 11) is 0. The molecule has 3 aliphatic carbocycles. The molecule has 4 unspecified atom stereocenters. The molecule has 0 aromatic heterocycles. The van der Waals surface area contributed by atoms with E-state index in [-0.39, 0.29) is 33.5 Å². The fourth-order valence-corrected chi connectivity index (χ4v) is 14.2. The molecule has 1 aliphatic heterocycles. The molecule has 4 fully saturated rings. The molecule has 9 heteroatoms. The number of carbonyl (C=O) groups is 1. The van der Waals surface area contributed by atoms with Crippen LogP contribution in [0, 0.1) is 6.92 Å². The van der Waals surface area contributed by atoms with E-state index < -0.39 is 10.2 Å². The Morgan fingerprint density at radius 3 is 2.21 bits per heavy atom. The summed E-state index contributed by atoms with van der Waals surface area (Å²) in [5, 5.41) is 8.77. The van der Waals surface area contributed by atoms with Crippen LogP contribution in [0.3, 0.4) is 0 Å². The zero-order valence-corrected chi connectivity index (χ0v) is 41.8. The van der Waals surface area contributed by atoms with Crippen LogP contribution in [-0.2, 0) is 14.3 Å². The maximum atomic E-state index is 14.8. The SMILES string of the molecule is CC/C=C(/CC(N[C@]1(CNC(SCC(S)c2ccccc2)C(CC(OC(C)(C)C)=C2CCC2)=C2CCC2)SCC(c2ccccc2)S1)C(=O)OC1CCCCC1)c1ccccc1C. The lowest BCUT2D eigenvalue weighted by Crippen LogP contribution is -2.55. The Morgan fingerprint density at radius 1 is 0.905 bits per heavy atom. The molecular formula is C54H72N2O3S4. The summed E-state index contributed by atoms with van der Waals surface area (Å²) in [5.41, 5.74) is 10.5. The van der Waals surface area contributed by atoms with Crippen molar-refractivity contribution in [3.8, 4) is 0 Å². The highest BCUT2D eigenvalue weighted by atomic mass is 32.2. The standard InChI is InChI=1S/C54H72N2O3S4/c1-6-20-43(45-32-17-16-21-38(45)2)33-47(52(57)58-44-30-14-9-15-31-44)56-54(62-36-50(63-54)42-24-12-8-13-25-42)37-55-51(61-35-49(60)41-22-10-7-11-23-41)46(39-26-18-27-39)34-48(40-28-19-29-40)59-53(3,4)5/h7-8,10-13,16-17,20-25,32,44,47,49-51,55-56,60H,6,9,14-15,18-19,26-31,33-37H2,1-5H3/b43-20-/t47?,49?,50?,51?,54-/m1/s1. The average Bonchev–Trinajstić information content (AvgIpc) is 3.66. The van der Waals surface area contributed by atoms with Gasteiger partial charge in [-0.25, -0.2) is 0 Å². The number of ether oxygens (including phenoxy) is 2. The van der Waals surface area contributed by atoms with Gasteiger partial charge in [0.05, 0.1) is 5.37 Å². The van der Waals surface area contributed by atoms with Gasteiger partial charge in [-0.1, -0.05) is 110 Å². The maximum absolute atomic E-state index is 14.8. The summed E-state index contributed by atoms with van der Waals surface area (Å²) in [6.45, 7) is 11.6. The van der Waals surface area contributed by atoms with Crippen molar-refractivity contribution in [3.05, 3.63) is 136 Å². The Hall–Kier alpha value is -2.53. The molecule has 340 valence electrons. The fourth-order valence-electron chi connectivity index (χ4n) is 9.10. The zero-order chi connectivity index (χ0) is 44.2. The molecule has 3 aromatic carbocycles. The molecule has 63 heavy (non-hydrogen) atoms. The van der Waals surface area contributed by atoms with Crippen molar-refractivity contribution in [3.63, 3.8) is 0 Å². The number of hydrogen-bond donors (Lipinski definition) is 3. The molecule has 5 nitrogen and oxygen atoms in total. The Morgan fingerprint density at radius 2 is 1.57 bits per heavy atom. The maximum Gasteiger partial charge on any atom is 0.323 e. The predicted octanol–water partition coefficient (Wildman–Crippen LogP) is 14.3. The van der Waals surface area contributed by atoms with Crippen LogP contribution in [0.15, 0.2) is 113 Å². The quantitative estimate of drug-likeness (QED) is 0.0341. The van der Waals surface area contributed by atoms with Gasteiger partial charge in [-0.15, -0.1) is 35.3 Å². The Kier molecular flexibility index (Phi) is 17.9. The summed E-state index contributed by atoms with van der Waals surface area (Å²) in [4.78, 5) is 14.8. The van der Waals surface area contributed by atoms with E-state index in [1.54, 1.807) is 5.57 Å². The van der Waals surface area contributed by atoms with Gasteiger partial charge in [-0.3, -0.25) is 15.4 Å². The molecule has 0 bridgehead atoms. The molecule has 0 spiro atoms. The van der Waals surface area contributed by atoms with Crippen LogP contribution in [0.25, 0.3) is 5.57 Å². The average molecular weight is 925 g/mol. The van der Waals surface area contributed by atoms with E-state index in [9.17, 15) is 4.79 Å². The van der Waals surface area contributed by atoms with E-state index in [2.05, 4.69) is 136 Å². The summed E-state index contributed by atoms with van der Waals surface area (Å²) in [6, 6.07) is 29.7. The van der Waals surface area contributed by atoms with Crippen molar-refractivity contribution in [2.45, 2.75) is 162 Å². The van der Waals surface area contributed by atoms with Gasteiger partial charge < -0.3 is 9.47 Å². The van der Waals surface area contributed by atoms with Gasteiger partial charge in [-0.2, -0.15) is 12.6 Å². The third kappa shape index (κ3) is 13.8. The van der Waals surface area contributed by atoms with Crippen LogP contribution in [-0.4, -0.2) is 51.3 Å². The number of nitrogens with one attached hydrogen (secondary N) is 2. The van der Waals surface area contributed by atoms with Crippen molar-refractivity contribution < 1.29 is 14.3 Å². The van der Waals surface area contributed by atoms with Gasteiger partial charge in [0.1, 0.15) is 27.7 Å². The first-order chi connectivity index (χ1) is 30.5. The summed E-state index contributed by atoms with van der Waals surface area (Å²) < 4.78 is 12.9. The molecule has 5 atom stereocenters. The van der Waals surface area contributed by atoms with Crippen LogP contribution >= 0.6 is 47.9 Å². The second-order valence-corrected chi connectivity index (χ2v) is 23.7. The number of carbonyl (C=O) groups excluding carboxylic acids is 1. The Balaban J connectivity index is 1.24. The van der Waals surface area contributed by atoms with E-state index in [0.29, 0.717) is 13.0 Å². The van der Waals surface area contributed by atoms with Gasteiger partial charge in [0, 0.05) is 35.0 Å². The van der Waals surface area contributed by atoms with Crippen LogP contribution in [0.1, 0.15) is 150 Å². The molecule has 1 heterocycles. The second kappa shape index (κ2) is 23.3. The van der Waals surface area contributed by atoms with Crippen molar-refractivity contribution in [1.82, 2.24) is 10.6 Å². The molecule has 0 radical (unpaired) electrons. The summed E-state index contributed by atoms with van der Waals surface area (Å²) in [6.07, 6.45) is 16.9. The lowest BCUT2D eigenvalue weighted by Gasteiger charge is -2.38. The van der Waals surface area contributed by atoms with Gasteiger partial charge in [-0.05, 0) is 144 Å². The molecule has 7 rings (SSSR count). The lowest BCUT2D eigenvalue weighted by molar-refractivity contribution is -0.153. The molecule has 2 N–H and O–H groups in total. The van der Waals surface area contributed by atoms with Gasteiger partial charge >= 0.3 is 5.97 Å². The van der Waals surface area contributed by atoms with Gasteiger partial charge in [0.25, 0.3) is 0 Å². The molecule has 1 saturated heterocycles. The van der Waals surface area contributed by atoms with Crippen molar-refractivity contribution >= 4 is 59.5 Å². The minimum atomic E-state index is -0.522. The third-order valence-corrected chi connectivity index (χ3v) is 18.3. The topological polar surface area (TPSA) is 59.6 Å². The lowest BCUT2D eigenvalue weighted by atomic mass is 9.84. The number of esters is 1. The van der Waals surface area contributed by atoms with Crippen molar-refractivity contribution in [2.75, 3.05) is 18.1 Å². The first-order valence-electron chi connectivity index (χ1n) is 23.8. The van der Waals surface area contributed by atoms with Crippen LogP contribution in [0.5, 0.6) is 0 Å². The predicted molar refractivity (Wildman–Crippen MR) is 276 cm³/mol. The van der Waals surface area contributed by atoms with E-state index in [0.717, 1.165) is 75.7 Å². The number of hydrogen-bond acceptors (Lipinski definition) is 9. The number of benzene rings is 3. The van der Waals surface area contributed by atoms with E-state index in [1.165, 1.54) is 64.0 Å². The molecular weight excluding hydrogens is 853 g/mol. The molecule has 3 saturated carbocycles. The normalized spacial score (nSPS) is 22.1. The van der Waals surface area contributed by atoms with E-state index in [4.69, 9.17) is 22.1 Å². The highest BCUT2D eigenvalue weighted by molar-refractivity contribution is 8.21. The van der Waals surface area contributed by atoms with Crippen molar-refractivity contribution in [2.24, 2.45) is 0 Å². The molecule has 4 aliphatic rings. The van der Waals surface area contributed by atoms with Crippen molar-refractivity contribution in [1.29, 1.82) is 0 Å². The summed E-state index contributed by atoms with van der Waals surface area (Å²) in [5.74, 6) is 2.86. The highest BCUT2D eigenvalue weighted by Crippen LogP contribution is 2.54. The zero-order valence-electron chi connectivity index (χ0n) is 38.5. The Labute approximate surface area is 398 Å². The minimum Gasteiger partial charge on any atom is -0.492 e. The number of aryl methyl sites for hydroxylation is 1. The van der Waals surface area contributed by atoms with E-state index in [1.807, 2.05) is 35.3 Å². The minimum absolute atomic E-state index is 0.0202. The van der Waals surface area contributed by atoms with Crippen LogP contribution in [0.4, 0.5) is 0 Å².